The number of hydrogen-bond donors (Lipinski definition) is 2. The fourth-order valence-electron chi connectivity index (χ4n) is 9.85. The third-order valence-corrected chi connectivity index (χ3v) is 12.2. The van der Waals surface area contributed by atoms with Gasteiger partial charge in [-0.15, -0.1) is 0 Å². The molecule has 0 saturated carbocycles. The summed E-state index contributed by atoms with van der Waals surface area (Å²) < 4.78 is 0. The number of aromatic hydroxyl groups is 2. The summed E-state index contributed by atoms with van der Waals surface area (Å²) in [7, 11) is 0. The van der Waals surface area contributed by atoms with Gasteiger partial charge in [-0.2, -0.15) is 0 Å². The Bertz CT molecular complexity index is 2780. The van der Waals surface area contributed by atoms with Gasteiger partial charge in [0.2, 0.25) is 0 Å². The number of anilines is 3. The van der Waals surface area contributed by atoms with Crippen molar-refractivity contribution in [2.24, 2.45) is 0 Å². The summed E-state index contributed by atoms with van der Waals surface area (Å²) >= 11 is 0. The number of benzene rings is 9. The van der Waals surface area contributed by atoms with Crippen molar-refractivity contribution in [3.05, 3.63) is 185 Å². The first-order valence-corrected chi connectivity index (χ1v) is 18.8. The summed E-state index contributed by atoms with van der Waals surface area (Å²) in [6.07, 6.45) is 4.18. The Hall–Kier alpha value is -6.32. The molecule has 3 heteroatoms. The van der Waals surface area contributed by atoms with Crippen LogP contribution in [0.4, 0.5) is 17.1 Å². The number of phenolic OH excluding ortho intramolecular Hbond substituents is 2. The highest BCUT2D eigenvalue weighted by atomic mass is 16.3. The Labute approximate surface area is 308 Å². The Morgan fingerprint density at radius 1 is 0.396 bits per heavy atom. The van der Waals surface area contributed by atoms with E-state index in [-0.39, 0.29) is 11.5 Å². The quantitative estimate of drug-likeness (QED) is 0.178. The monoisotopic (exact) mass is 683 g/mol. The molecular formula is C50H37NO2. The molecule has 2 N–H and O–H groups in total. The van der Waals surface area contributed by atoms with Crippen molar-refractivity contribution in [2.45, 2.75) is 37.5 Å². The molecule has 11 rings (SSSR count). The van der Waals surface area contributed by atoms with Crippen molar-refractivity contribution in [3.8, 4) is 11.5 Å². The molecule has 0 radical (unpaired) electrons. The van der Waals surface area contributed by atoms with Crippen LogP contribution in [0.25, 0.3) is 43.1 Å². The van der Waals surface area contributed by atoms with Crippen LogP contribution in [0, 0.1) is 0 Å². The molecule has 0 fully saturated rings. The van der Waals surface area contributed by atoms with Crippen LogP contribution in [0.5, 0.6) is 11.5 Å². The summed E-state index contributed by atoms with van der Waals surface area (Å²) in [5, 5.41) is 31.8. The van der Waals surface area contributed by atoms with E-state index in [1.165, 1.54) is 76.5 Å². The smallest absolute Gasteiger partial charge is 0.117 e. The zero-order chi connectivity index (χ0) is 35.2. The molecule has 254 valence electrons. The number of rotatable bonds is 5. The average molecular weight is 684 g/mol. The van der Waals surface area contributed by atoms with Crippen molar-refractivity contribution >= 4 is 60.2 Å². The highest BCUT2D eigenvalue weighted by molar-refractivity contribution is 6.23. The van der Waals surface area contributed by atoms with E-state index in [0.29, 0.717) is 11.8 Å². The van der Waals surface area contributed by atoms with Crippen LogP contribution in [0.1, 0.15) is 45.2 Å². The van der Waals surface area contributed by atoms with Gasteiger partial charge in [0.25, 0.3) is 0 Å². The van der Waals surface area contributed by atoms with Crippen LogP contribution in [0.15, 0.2) is 152 Å². The van der Waals surface area contributed by atoms with Gasteiger partial charge in [0.1, 0.15) is 11.5 Å². The molecule has 9 aromatic carbocycles. The van der Waals surface area contributed by atoms with Gasteiger partial charge in [-0.05, 0) is 150 Å². The fourth-order valence-corrected chi connectivity index (χ4v) is 9.85. The van der Waals surface area contributed by atoms with Crippen LogP contribution in [0.2, 0.25) is 0 Å². The molecule has 3 nitrogen and oxygen atoms in total. The molecule has 0 bridgehead atoms. The van der Waals surface area contributed by atoms with Crippen molar-refractivity contribution in [1.29, 1.82) is 0 Å². The second kappa shape index (κ2) is 11.6. The maximum Gasteiger partial charge on any atom is 0.117 e. The predicted molar refractivity (Wildman–Crippen MR) is 219 cm³/mol. The maximum absolute atomic E-state index is 10.3. The lowest BCUT2D eigenvalue weighted by molar-refractivity contribution is 0.475. The first-order chi connectivity index (χ1) is 26.1. The molecule has 0 aromatic heterocycles. The van der Waals surface area contributed by atoms with E-state index in [9.17, 15) is 10.2 Å². The van der Waals surface area contributed by atoms with E-state index in [1.54, 1.807) is 24.3 Å². The van der Waals surface area contributed by atoms with Gasteiger partial charge in [0.15, 0.2) is 0 Å². The second-order valence-corrected chi connectivity index (χ2v) is 15.2. The molecule has 0 unspecified atom stereocenters. The van der Waals surface area contributed by atoms with Crippen molar-refractivity contribution < 1.29 is 10.2 Å². The summed E-state index contributed by atoms with van der Waals surface area (Å²) in [5.74, 6) is 1.24. The van der Waals surface area contributed by atoms with Crippen molar-refractivity contribution in [2.75, 3.05) is 4.90 Å². The largest absolute Gasteiger partial charge is 0.508 e. The first kappa shape index (κ1) is 30.3. The Balaban J connectivity index is 0.912. The van der Waals surface area contributed by atoms with E-state index in [4.69, 9.17) is 0 Å². The highest BCUT2D eigenvalue weighted by Gasteiger charge is 2.29. The van der Waals surface area contributed by atoms with Gasteiger partial charge in [0.05, 0.1) is 0 Å². The molecule has 0 heterocycles. The third-order valence-electron chi connectivity index (χ3n) is 12.2. The molecule has 0 amide bonds. The molecular weight excluding hydrogens is 647 g/mol. The van der Waals surface area contributed by atoms with E-state index in [2.05, 4.69) is 108 Å². The molecule has 0 spiro atoms. The van der Waals surface area contributed by atoms with Gasteiger partial charge < -0.3 is 15.1 Å². The lowest BCUT2D eigenvalue weighted by atomic mass is 9.72. The first-order valence-electron chi connectivity index (χ1n) is 18.8. The summed E-state index contributed by atoms with van der Waals surface area (Å²) in [6.45, 7) is 0. The average Bonchev–Trinajstić information content (AvgIpc) is 3.19. The fraction of sp³-hybridized carbons (Fsp3) is 0.120. The van der Waals surface area contributed by atoms with Gasteiger partial charge >= 0.3 is 0 Å². The van der Waals surface area contributed by atoms with Crippen LogP contribution >= 0.6 is 0 Å². The molecule has 0 atom stereocenters. The maximum atomic E-state index is 10.3. The summed E-state index contributed by atoms with van der Waals surface area (Å²) in [6, 6.07) is 53.7. The predicted octanol–water partition coefficient (Wildman–Crippen LogP) is 12.4. The van der Waals surface area contributed by atoms with Crippen LogP contribution in [0.3, 0.4) is 0 Å². The van der Waals surface area contributed by atoms with E-state index in [1.807, 2.05) is 24.3 Å². The lowest BCUT2D eigenvalue weighted by Gasteiger charge is -2.32. The molecule has 9 aromatic rings. The Morgan fingerprint density at radius 3 is 1.45 bits per heavy atom. The topological polar surface area (TPSA) is 43.7 Å². The minimum atomic E-state index is 0.202. The van der Waals surface area contributed by atoms with E-state index >= 15 is 0 Å². The minimum Gasteiger partial charge on any atom is -0.508 e. The van der Waals surface area contributed by atoms with Gasteiger partial charge in [0, 0.05) is 29.2 Å². The standard InChI is InChI=1S/C50H37NO2/c52-43-8-2-6-41(28-43)51(42-7-3-9-44(53)29-42)40-20-16-30(17-21-40)38-24-34-12-14-36-26-39(27-37-15-13-35(25-38)48(34)49(36)37)45-22-18-33-11-10-31-4-1-5-32-19-23-46(45)50(33)47(31)32/h1-23,28-29,38-39,52-53H,24-27H2. The number of phenols is 2. The summed E-state index contributed by atoms with van der Waals surface area (Å²) in [4.78, 5) is 2.07. The minimum absolute atomic E-state index is 0.202. The Kier molecular flexibility index (Phi) is 6.63. The molecule has 0 saturated heterocycles. The molecule has 2 aliphatic carbocycles. The van der Waals surface area contributed by atoms with Crippen LogP contribution in [-0.2, 0) is 25.7 Å². The zero-order valence-electron chi connectivity index (χ0n) is 29.3. The normalized spacial score (nSPS) is 14.5. The number of hydrogen-bond acceptors (Lipinski definition) is 3. The highest BCUT2D eigenvalue weighted by Crippen LogP contribution is 2.47. The van der Waals surface area contributed by atoms with Crippen molar-refractivity contribution in [3.63, 3.8) is 0 Å². The van der Waals surface area contributed by atoms with Gasteiger partial charge in [-0.1, -0.05) is 103 Å². The van der Waals surface area contributed by atoms with Gasteiger partial charge in [-0.3, -0.25) is 0 Å². The van der Waals surface area contributed by atoms with Crippen LogP contribution in [-0.4, -0.2) is 10.2 Å². The lowest BCUT2D eigenvalue weighted by Crippen LogP contribution is -2.18. The van der Waals surface area contributed by atoms with E-state index in [0.717, 1.165) is 42.7 Å². The molecule has 0 aliphatic heterocycles. The van der Waals surface area contributed by atoms with Crippen molar-refractivity contribution in [1.82, 2.24) is 0 Å². The molecule has 2 aliphatic rings. The second-order valence-electron chi connectivity index (χ2n) is 15.2. The Morgan fingerprint density at radius 2 is 0.887 bits per heavy atom. The SMILES string of the molecule is Oc1cccc(N(c2ccc(C3Cc4ccc5c6c(ccc(c46)C3)CC(c3ccc4ccc6cccc7ccc3c4c67)C5)cc2)c2cccc(O)c2)c1. The summed E-state index contributed by atoms with van der Waals surface area (Å²) in [5.41, 5.74) is 11.3. The third kappa shape index (κ3) is 4.80. The number of nitrogens with zero attached hydrogens (tertiary/aromatic N) is 1. The van der Waals surface area contributed by atoms with Gasteiger partial charge in [-0.25, -0.2) is 0 Å². The zero-order valence-corrected chi connectivity index (χ0v) is 29.3. The van der Waals surface area contributed by atoms with E-state index < -0.39 is 0 Å². The molecule has 53 heavy (non-hydrogen) atoms. The van der Waals surface area contributed by atoms with Crippen LogP contribution < -0.4 is 4.90 Å².